The van der Waals surface area contributed by atoms with Crippen LogP contribution in [0.15, 0.2) is 23.3 Å². The quantitative estimate of drug-likeness (QED) is 0.600. The van der Waals surface area contributed by atoms with Gasteiger partial charge in [0.1, 0.15) is 5.53 Å². The highest BCUT2D eigenvalue weighted by atomic mass is 16.4. The third-order valence-corrected chi connectivity index (χ3v) is 2.31. The molecule has 1 aromatic rings. The summed E-state index contributed by atoms with van der Waals surface area (Å²) in [4.78, 5) is 15.9. The van der Waals surface area contributed by atoms with E-state index >= 15 is 0 Å². The van der Waals surface area contributed by atoms with Crippen LogP contribution in [-0.2, 0) is 6.42 Å². The number of rotatable bonds is 5. The lowest BCUT2D eigenvalue weighted by atomic mass is 10.0. The summed E-state index contributed by atoms with van der Waals surface area (Å²) in [6.45, 7) is 0.752. The Kier molecular flexibility index (Phi) is 4.51. The summed E-state index contributed by atoms with van der Waals surface area (Å²) in [6.07, 6.45) is 0.621. The predicted molar refractivity (Wildman–Crippen MR) is 62.6 cm³/mol. The minimum atomic E-state index is -0.951. The number of carbonyl (C=O) groups is 1. The van der Waals surface area contributed by atoms with Crippen molar-refractivity contribution in [3.05, 3.63) is 29.3 Å². The molecule has 0 radical (unpaired) electrons. The number of likely N-dealkylation sites (N-methyl/N-ethyl adjacent to an activating group) is 1. The number of carboxylic acids is 1. The molecular weight excluding hydrogens is 220 g/mol. The Bertz CT molecular complexity index is 465. The Balaban J connectivity index is 3.06. The molecule has 17 heavy (non-hydrogen) atoms. The first-order valence-electron chi connectivity index (χ1n) is 5.13. The summed E-state index contributed by atoms with van der Waals surface area (Å²) in [5, 5.41) is 12.6. The molecule has 0 bridgehead atoms. The second kappa shape index (κ2) is 5.89. The fourth-order valence-electron chi connectivity index (χ4n) is 1.46. The van der Waals surface area contributed by atoms with Crippen LogP contribution in [-0.4, -0.2) is 36.6 Å². The van der Waals surface area contributed by atoms with Gasteiger partial charge in [0.15, 0.2) is 10.8 Å². The Hall–Kier alpha value is -2.04. The van der Waals surface area contributed by atoms with Crippen LogP contribution in [0.3, 0.4) is 0 Å². The molecule has 0 amide bonds. The average Bonchev–Trinajstić information content (AvgIpc) is 2.26. The van der Waals surface area contributed by atoms with Gasteiger partial charge in [-0.2, -0.15) is 0 Å². The molecule has 0 aliphatic rings. The monoisotopic (exact) mass is 235 g/mol. The minimum absolute atomic E-state index is 0.274. The van der Waals surface area contributed by atoms with Gasteiger partial charge >= 0.3 is 5.97 Å². The van der Waals surface area contributed by atoms with Gasteiger partial charge in [-0.3, -0.25) is 0 Å². The van der Waals surface area contributed by atoms with Crippen molar-refractivity contribution in [1.29, 1.82) is 5.53 Å². The molecule has 0 unspecified atom stereocenters. The molecule has 1 rings (SSSR count). The molecule has 0 aliphatic carbocycles. The van der Waals surface area contributed by atoms with Crippen molar-refractivity contribution in [3.8, 4) is 0 Å². The number of benzene rings is 1. The van der Waals surface area contributed by atoms with Crippen molar-refractivity contribution in [2.75, 3.05) is 20.6 Å². The highest BCUT2D eigenvalue weighted by Crippen LogP contribution is 2.18. The molecule has 0 aliphatic heterocycles. The van der Waals surface area contributed by atoms with Crippen molar-refractivity contribution >= 4 is 11.7 Å². The van der Waals surface area contributed by atoms with Crippen LogP contribution >= 0.6 is 0 Å². The van der Waals surface area contributed by atoms with Crippen LogP contribution in [0.25, 0.3) is 0 Å². The molecule has 0 saturated carbocycles. The fraction of sp³-hybridized carbons (Fsp3) is 0.364. The summed E-state index contributed by atoms with van der Waals surface area (Å²) in [6, 6.07) is 4.70. The molecule has 0 heterocycles. The van der Waals surface area contributed by atoms with Crippen LogP contribution in [0.2, 0.25) is 0 Å². The van der Waals surface area contributed by atoms with Crippen molar-refractivity contribution in [3.63, 3.8) is 0 Å². The third kappa shape index (κ3) is 3.79. The smallest absolute Gasteiger partial charge is 0.335 e. The van der Waals surface area contributed by atoms with Crippen molar-refractivity contribution in [2.24, 2.45) is 5.11 Å². The van der Waals surface area contributed by atoms with Crippen molar-refractivity contribution < 1.29 is 9.90 Å². The van der Waals surface area contributed by atoms with Crippen molar-refractivity contribution in [2.45, 2.75) is 6.42 Å². The summed E-state index contributed by atoms with van der Waals surface area (Å²) < 4.78 is 0. The molecule has 0 aromatic heterocycles. The van der Waals surface area contributed by atoms with Gasteiger partial charge in [0.2, 0.25) is 4.91 Å². The molecule has 1 aromatic carbocycles. The van der Waals surface area contributed by atoms with E-state index in [4.69, 9.17) is 10.6 Å². The first-order chi connectivity index (χ1) is 8.04. The van der Waals surface area contributed by atoms with E-state index in [2.05, 4.69) is 10.0 Å². The average molecular weight is 235 g/mol. The second-order valence-electron chi connectivity index (χ2n) is 3.90. The fourth-order valence-corrected chi connectivity index (χ4v) is 1.46. The zero-order chi connectivity index (χ0) is 12.8. The molecule has 6 nitrogen and oxygen atoms in total. The lowest BCUT2D eigenvalue weighted by molar-refractivity contribution is 0.0695. The van der Waals surface area contributed by atoms with Crippen molar-refractivity contribution in [1.82, 2.24) is 9.81 Å². The van der Waals surface area contributed by atoms with E-state index in [1.54, 1.807) is 12.1 Å². The molecule has 0 fully saturated rings. The van der Waals surface area contributed by atoms with Crippen LogP contribution in [0.4, 0.5) is 5.69 Å². The maximum atomic E-state index is 11.0. The Labute approximate surface area is 99.1 Å². The number of nitrogens with one attached hydrogen (secondary N) is 1. The Morgan fingerprint density at radius 1 is 1.53 bits per heavy atom. The van der Waals surface area contributed by atoms with E-state index in [1.807, 2.05) is 19.0 Å². The lowest BCUT2D eigenvalue weighted by Gasteiger charge is -2.10. The second-order valence-corrected chi connectivity index (χ2v) is 3.90. The Morgan fingerprint density at radius 2 is 2.24 bits per heavy atom. The zero-order valence-corrected chi connectivity index (χ0v) is 9.84. The number of aromatic carboxylic acids is 1. The molecule has 0 atom stereocenters. The van der Waals surface area contributed by atoms with E-state index < -0.39 is 5.97 Å². The maximum absolute atomic E-state index is 11.0. The zero-order valence-electron chi connectivity index (χ0n) is 9.84. The number of hydrogen-bond acceptors (Lipinski definition) is 4. The summed E-state index contributed by atoms with van der Waals surface area (Å²) in [5.74, 6) is -0.951. The SMILES string of the molecule is CN(C)CCc1cc(N=[N+]=N)ccc1C(=O)O. The van der Waals surface area contributed by atoms with Gasteiger partial charge in [-0.25, -0.2) is 4.79 Å². The first kappa shape index (κ1) is 13.0. The van der Waals surface area contributed by atoms with E-state index in [0.29, 0.717) is 17.7 Å². The van der Waals surface area contributed by atoms with Crippen LogP contribution in [0, 0.1) is 5.53 Å². The van der Waals surface area contributed by atoms with E-state index in [-0.39, 0.29) is 5.56 Å². The molecular formula is C11H15N4O2+. The highest BCUT2D eigenvalue weighted by molar-refractivity contribution is 5.89. The van der Waals surface area contributed by atoms with Crippen LogP contribution in [0.5, 0.6) is 0 Å². The summed E-state index contributed by atoms with van der Waals surface area (Å²) in [5.41, 5.74) is 8.13. The van der Waals surface area contributed by atoms with Gasteiger partial charge in [0, 0.05) is 6.54 Å². The standard InChI is InChI=1S/C11H14N4O2/c1-15(2)6-5-8-7-9(13-14-12)3-4-10(8)11(16)17/h3-4,7,12H,5-6H2,1-2H3/p+1. The van der Waals surface area contributed by atoms with Gasteiger partial charge in [-0.05, 0) is 44.3 Å². The maximum Gasteiger partial charge on any atom is 0.335 e. The van der Waals surface area contributed by atoms with E-state index in [9.17, 15) is 4.79 Å². The summed E-state index contributed by atoms with van der Waals surface area (Å²) in [7, 11) is 3.85. The number of carboxylic acid groups (broad SMARTS) is 1. The topological polar surface area (TPSA) is 90.9 Å². The largest absolute Gasteiger partial charge is 0.478 e. The lowest BCUT2D eigenvalue weighted by Crippen LogP contribution is -2.16. The van der Waals surface area contributed by atoms with Gasteiger partial charge in [0.25, 0.3) is 0 Å². The number of hydrogen-bond donors (Lipinski definition) is 2. The highest BCUT2D eigenvalue weighted by Gasteiger charge is 2.12. The summed E-state index contributed by atoms with van der Waals surface area (Å²) >= 11 is 0. The molecule has 0 saturated heterocycles. The minimum Gasteiger partial charge on any atom is -0.478 e. The van der Waals surface area contributed by atoms with E-state index in [0.717, 1.165) is 6.54 Å². The molecule has 6 heteroatoms. The Morgan fingerprint density at radius 3 is 2.76 bits per heavy atom. The molecule has 90 valence electrons. The number of nitrogens with zero attached hydrogens (tertiary/aromatic N) is 3. The van der Waals surface area contributed by atoms with Crippen LogP contribution < -0.4 is 4.91 Å². The normalized spacial score (nSPS) is 10.1. The van der Waals surface area contributed by atoms with Gasteiger partial charge in [-0.1, -0.05) is 0 Å². The van der Waals surface area contributed by atoms with Gasteiger partial charge in [-0.15, -0.1) is 0 Å². The van der Waals surface area contributed by atoms with Gasteiger partial charge in [0.05, 0.1) is 5.56 Å². The van der Waals surface area contributed by atoms with Crippen LogP contribution in [0.1, 0.15) is 15.9 Å². The molecule has 0 spiro atoms. The molecule has 2 N–H and O–H groups in total. The predicted octanol–water partition coefficient (Wildman–Crippen LogP) is 1.67. The van der Waals surface area contributed by atoms with E-state index in [1.165, 1.54) is 6.07 Å². The third-order valence-electron chi connectivity index (χ3n) is 2.31. The first-order valence-corrected chi connectivity index (χ1v) is 5.13. The van der Waals surface area contributed by atoms with Gasteiger partial charge < -0.3 is 10.0 Å².